The summed E-state index contributed by atoms with van der Waals surface area (Å²) in [6.45, 7) is -0.287. The minimum absolute atomic E-state index is 0.0342. The number of benzene rings is 3. The van der Waals surface area contributed by atoms with Gasteiger partial charge in [-0.25, -0.2) is 8.42 Å². The number of nitrogens with zero attached hydrogens (tertiary/aromatic N) is 2. The standard InChI is InChI=1S/C30H26F6N4O4S/c1-45(43,44)38-23-8-6-18(7-9-23)27(41)39-10-11-40(24(17-39)14-20-16-37-26-5-3-2-4-25(20)26)28(42)19-12-21(29(31,32)33)15-22(13-19)30(34,35)36/h2-9,12-13,15-16,24,37-38H,10-11,14,17H2,1H3/t24-/m1/s1. The number of para-hydroxylation sites is 1. The second-order valence-corrected chi connectivity index (χ2v) is 12.5. The number of aromatic nitrogens is 1. The fourth-order valence-electron chi connectivity index (χ4n) is 5.36. The van der Waals surface area contributed by atoms with Crippen LogP contribution in [0.5, 0.6) is 0 Å². The minimum Gasteiger partial charge on any atom is -0.361 e. The van der Waals surface area contributed by atoms with Crippen LogP contribution in [0.25, 0.3) is 10.9 Å². The van der Waals surface area contributed by atoms with E-state index in [-0.39, 0.29) is 43.4 Å². The van der Waals surface area contributed by atoms with Crippen molar-refractivity contribution in [1.82, 2.24) is 14.8 Å². The average molecular weight is 653 g/mol. The number of halogens is 6. The maximum atomic E-state index is 13.7. The SMILES string of the molecule is CS(=O)(=O)Nc1ccc(C(=O)N2CCN(C(=O)c3cc(C(F)(F)F)cc(C(F)(F)F)c3)[C@H](Cc3c[nH]c4ccccc34)C2)cc1. The van der Waals surface area contributed by atoms with Gasteiger partial charge in [-0.3, -0.25) is 14.3 Å². The van der Waals surface area contributed by atoms with Crippen LogP contribution in [0.1, 0.15) is 37.4 Å². The molecule has 45 heavy (non-hydrogen) atoms. The summed E-state index contributed by atoms with van der Waals surface area (Å²) in [6.07, 6.45) is -7.44. The maximum Gasteiger partial charge on any atom is 0.416 e. The highest BCUT2D eigenvalue weighted by molar-refractivity contribution is 7.92. The molecule has 1 saturated heterocycles. The number of anilines is 1. The fourth-order valence-corrected chi connectivity index (χ4v) is 5.92. The molecular formula is C30H26F6N4O4S. The van der Waals surface area contributed by atoms with E-state index in [1.54, 1.807) is 12.3 Å². The number of H-pyrrole nitrogens is 1. The summed E-state index contributed by atoms with van der Waals surface area (Å²) in [6, 6.07) is 12.9. The molecule has 3 aromatic carbocycles. The lowest BCUT2D eigenvalue weighted by molar-refractivity contribution is -0.143. The van der Waals surface area contributed by atoms with Crippen LogP contribution in [-0.2, 0) is 28.8 Å². The first kappa shape index (κ1) is 31.9. The van der Waals surface area contributed by atoms with Crippen molar-refractivity contribution >= 4 is 38.4 Å². The Kier molecular flexibility index (Phi) is 8.33. The molecular weight excluding hydrogens is 626 g/mol. The number of carbonyl (C=O) groups is 2. The lowest BCUT2D eigenvalue weighted by Gasteiger charge is -2.42. The first-order valence-electron chi connectivity index (χ1n) is 13.5. The van der Waals surface area contributed by atoms with Crippen molar-refractivity contribution in [1.29, 1.82) is 0 Å². The van der Waals surface area contributed by atoms with Gasteiger partial charge in [-0.1, -0.05) is 18.2 Å². The highest BCUT2D eigenvalue weighted by Gasteiger charge is 2.39. The van der Waals surface area contributed by atoms with E-state index in [1.165, 1.54) is 34.1 Å². The zero-order valence-electron chi connectivity index (χ0n) is 23.5. The molecule has 2 N–H and O–H groups in total. The van der Waals surface area contributed by atoms with Gasteiger partial charge in [0.15, 0.2) is 0 Å². The Morgan fingerprint density at radius 3 is 2.09 bits per heavy atom. The zero-order valence-corrected chi connectivity index (χ0v) is 24.4. The number of nitrogens with one attached hydrogen (secondary N) is 2. The van der Waals surface area contributed by atoms with Gasteiger partial charge in [-0.05, 0) is 60.5 Å². The quantitative estimate of drug-likeness (QED) is 0.258. The van der Waals surface area contributed by atoms with Crippen LogP contribution in [0.4, 0.5) is 32.0 Å². The molecule has 8 nitrogen and oxygen atoms in total. The molecule has 1 fully saturated rings. The Morgan fingerprint density at radius 1 is 0.867 bits per heavy atom. The maximum absolute atomic E-state index is 13.7. The number of hydrogen-bond donors (Lipinski definition) is 2. The highest BCUT2D eigenvalue weighted by atomic mass is 32.2. The van der Waals surface area contributed by atoms with Crippen molar-refractivity contribution in [3.63, 3.8) is 0 Å². The van der Waals surface area contributed by atoms with E-state index in [2.05, 4.69) is 9.71 Å². The van der Waals surface area contributed by atoms with Gasteiger partial charge in [0, 0.05) is 53.5 Å². The molecule has 238 valence electrons. The first-order chi connectivity index (χ1) is 21.0. The molecule has 5 rings (SSSR count). The number of piperazine rings is 1. The number of hydrogen-bond acceptors (Lipinski definition) is 4. The number of carbonyl (C=O) groups excluding carboxylic acids is 2. The Labute approximate surface area is 253 Å². The summed E-state index contributed by atoms with van der Waals surface area (Å²) in [5.74, 6) is -1.48. The van der Waals surface area contributed by atoms with Gasteiger partial charge in [0.1, 0.15) is 0 Å². The van der Waals surface area contributed by atoms with Gasteiger partial charge in [0.2, 0.25) is 10.0 Å². The lowest BCUT2D eigenvalue weighted by atomic mass is 9.98. The molecule has 15 heteroatoms. The summed E-state index contributed by atoms with van der Waals surface area (Å²) in [7, 11) is -3.55. The minimum atomic E-state index is -5.13. The van der Waals surface area contributed by atoms with Crippen LogP contribution in [-0.4, -0.2) is 66.9 Å². The third kappa shape index (κ3) is 7.24. The molecule has 2 heterocycles. The second kappa shape index (κ2) is 11.8. The number of alkyl halides is 6. The largest absolute Gasteiger partial charge is 0.416 e. The third-order valence-electron chi connectivity index (χ3n) is 7.43. The van der Waals surface area contributed by atoms with Crippen LogP contribution in [0.15, 0.2) is 72.9 Å². The molecule has 0 radical (unpaired) electrons. The number of rotatable bonds is 6. The molecule has 4 aromatic rings. The van der Waals surface area contributed by atoms with E-state index in [4.69, 9.17) is 0 Å². The summed E-state index contributed by atoms with van der Waals surface area (Å²) in [5, 5.41) is 0.806. The van der Waals surface area contributed by atoms with E-state index in [1.807, 2.05) is 18.2 Å². The van der Waals surface area contributed by atoms with Crippen LogP contribution in [0, 0.1) is 0 Å². The van der Waals surface area contributed by atoms with Crippen molar-refractivity contribution in [3.8, 4) is 0 Å². The van der Waals surface area contributed by atoms with E-state index >= 15 is 0 Å². The molecule has 0 spiro atoms. The smallest absolute Gasteiger partial charge is 0.361 e. The molecule has 0 bridgehead atoms. The average Bonchev–Trinajstić information content (AvgIpc) is 3.37. The van der Waals surface area contributed by atoms with Gasteiger partial charge < -0.3 is 14.8 Å². The highest BCUT2D eigenvalue weighted by Crippen LogP contribution is 2.37. The molecule has 1 aromatic heterocycles. The zero-order chi connectivity index (χ0) is 32.7. The number of amides is 2. The second-order valence-electron chi connectivity index (χ2n) is 10.7. The number of aromatic amines is 1. The van der Waals surface area contributed by atoms with Crippen molar-refractivity contribution < 1.29 is 44.3 Å². The van der Waals surface area contributed by atoms with Crippen molar-refractivity contribution in [3.05, 3.63) is 101 Å². The normalized spacial score (nSPS) is 16.2. The van der Waals surface area contributed by atoms with E-state index in [9.17, 15) is 44.3 Å². The Bertz CT molecular complexity index is 1820. The van der Waals surface area contributed by atoms with Crippen LogP contribution < -0.4 is 4.72 Å². The van der Waals surface area contributed by atoms with Crippen molar-refractivity contribution in [2.45, 2.75) is 24.8 Å². The molecule has 0 unspecified atom stereocenters. The lowest BCUT2D eigenvalue weighted by Crippen LogP contribution is -2.57. The molecule has 0 aliphatic carbocycles. The summed E-state index contributed by atoms with van der Waals surface area (Å²) in [4.78, 5) is 32.9. The summed E-state index contributed by atoms with van der Waals surface area (Å²) in [5.41, 5.74) is -2.00. The third-order valence-corrected chi connectivity index (χ3v) is 8.04. The summed E-state index contributed by atoms with van der Waals surface area (Å²) >= 11 is 0. The topological polar surface area (TPSA) is 103 Å². The fraction of sp³-hybridized carbons (Fsp3) is 0.267. The number of sulfonamides is 1. The van der Waals surface area contributed by atoms with Crippen LogP contribution in [0.3, 0.4) is 0 Å². The molecule has 1 aliphatic heterocycles. The van der Waals surface area contributed by atoms with E-state index in [0.29, 0.717) is 12.1 Å². The first-order valence-corrected chi connectivity index (χ1v) is 15.4. The predicted molar refractivity (Wildman–Crippen MR) is 154 cm³/mol. The van der Waals surface area contributed by atoms with Gasteiger partial charge >= 0.3 is 12.4 Å². The molecule has 0 saturated carbocycles. The predicted octanol–water partition coefficient (Wildman–Crippen LogP) is 5.79. The van der Waals surface area contributed by atoms with Crippen LogP contribution in [0.2, 0.25) is 0 Å². The van der Waals surface area contributed by atoms with Gasteiger partial charge in [0.25, 0.3) is 11.8 Å². The van der Waals surface area contributed by atoms with Crippen LogP contribution >= 0.6 is 0 Å². The molecule has 2 amide bonds. The van der Waals surface area contributed by atoms with Gasteiger partial charge in [-0.2, -0.15) is 26.3 Å². The van der Waals surface area contributed by atoms with Gasteiger partial charge in [0.05, 0.1) is 23.4 Å². The van der Waals surface area contributed by atoms with E-state index < -0.39 is 56.9 Å². The Balaban J connectivity index is 1.47. The van der Waals surface area contributed by atoms with Crippen molar-refractivity contribution in [2.24, 2.45) is 0 Å². The summed E-state index contributed by atoms with van der Waals surface area (Å²) < 4.78 is 107. The molecule has 1 aliphatic rings. The Hall–Kier alpha value is -4.53. The van der Waals surface area contributed by atoms with Crippen molar-refractivity contribution in [2.75, 3.05) is 30.6 Å². The number of fused-ring (bicyclic) bond motifs is 1. The Morgan fingerprint density at radius 2 is 1.49 bits per heavy atom. The monoisotopic (exact) mass is 652 g/mol. The van der Waals surface area contributed by atoms with E-state index in [0.717, 1.165) is 22.7 Å². The van der Waals surface area contributed by atoms with Gasteiger partial charge in [-0.15, -0.1) is 0 Å². The molecule has 1 atom stereocenters.